The van der Waals surface area contributed by atoms with Crippen LogP contribution in [0.5, 0.6) is 0 Å². The fourth-order valence-electron chi connectivity index (χ4n) is 1.78. The number of hydrogen-bond donors (Lipinski definition) is 1. The van der Waals surface area contributed by atoms with Crippen molar-refractivity contribution in [1.82, 2.24) is 0 Å². The predicted octanol–water partition coefficient (Wildman–Crippen LogP) is -0.679. The minimum absolute atomic E-state index is 0.175. The van der Waals surface area contributed by atoms with E-state index in [2.05, 4.69) is 0 Å². The van der Waals surface area contributed by atoms with Gasteiger partial charge in [0.1, 0.15) is 6.04 Å². The van der Waals surface area contributed by atoms with Crippen LogP contribution in [0.15, 0.2) is 0 Å². The molecule has 0 aliphatic carbocycles. The maximum Gasteiger partial charge on any atom is 0.179 e. The van der Waals surface area contributed by atoms with Gasteiger partial charge in [0.25, 0.3) is 0 Å². The van der Waals surface area contributed by atoms with E-state index in [0.29, 0.717) is 10.9 Å². The number of likely N-dealkylation sites (N-methyl/N-ethyl adjacent to an activating group) is 1. The van der Waals surface area contributed by atoms with Crippen LogP contribution in [-0.4, -0.2) is 54.1 Å². The second kappa shape index (κ2) is 5.60. The normalized spacial score (nSPS) is 17.3. The molecule has 0 radical (unpaired) electrons. The van der Waals surface area contributed by atoms with Crippen molar-refractivity contribution in [2.45, 2.75) is 44.8 Å². The highest BCUT2D eigenvalue weighted by molar-refractivity contribution is 5.91. The Bertz CT molecular complexity index is 295. The third-order valence-corrected chi connectivity index (χ3v) is 3.23. The van der Waals surface area contributed by atoms with Crippen LogP contribution in [0.2, 0.25) is 0 Å². The molecule has 17 heavy (non-hydrogen) atoms. The van der Waals surface area contributed by atoms with Crippen molar-refractivity contribution in [2.24, 2.45) is 0 Å². The second-order valence-electron chi connectivity index (χ2n) is 5.44. The van der Waals surface area contributed by atoms with Crippen LogP contribution in [0.1, 0.15) is 33.1 Å². The lowest BCUT2D eigenvalue weighted by Crippen LogP contribution is -2.62. The number of aliphatic carboxylic acids is 1. The first-order chi connectivity index (χ1) is 7.55. The van der Waals surface area contributed by atoms with Crippen molar-refractivity contribution in [2.75, 3.05) is 21.1 Å². The van der Waals surface area contributed by atoms with E-state index in [1.165, 1.54) is 0 Å². The van der Waals surface area contributed by atoms with Gasteiger partial charge in [-0.25, -0.2) is 0 Å². The number of ketones is 1. The molecule has 0 aromatic rings. The zero-order valence-corrected chi connectivity index (χ0v) is 11.3. The minimum Gasteiger partial charge on any atom is -0.550 e. The third-order valence-electron chi connectivity index (χ3n) is 3.23. The summed E-state index contributed by atoms with van der Waals surface area (Å²) in [6.45, 7) is 3.49. The number of hydrogen-bond acceptors (Lipinski definition) is 4. The average molecular weight is 245 g/mol. The quantitative estimate of drug-likeness (QED) is 0.603. The highest BCUT2D eigenvalue weighted by Gasteiger charge is 2.47. The minimum atomic E-state index is -1.85. The van der Waals surface area contributed by atoms with Gasteiger partial charge < -0.3 is 19.5 Å². The summed E-state index contributed by atoms with van der Waals surface area (Å²) in [6, 6.07) is -0.514. The number of carbonyl (C=O) groups excluding carboxylic acids is 2. The van der Waals surface area contributed by atoms with Crippen molar-refractivity contribution < 1.29 is 24.3 Å². The van der Waals surface area contributed by atoms with Gasteiger partial charge in [0.05, 0.1) is 21.1 Å². The first-order valence-electron chi connectivity index (χ1n) is 5.82. The van der Waals surface area contributed by atoms with Gasteiger partial charge in [-0.3, -0.25) is 4.79 Å². The molecule has 0 fully saturated rings. The number of aliphatic hydroxyl groups is 1. The Morgan fingerprint density at radius 3 is 2.12 bits per heavy atom. The van der Waals surface area contributed by atoms with Gasteiger partial charge in [-0.1, -0.05) is 6.92 Å². The van der Waals surface area contributed by atoms with Crippen LogP contribution in [0.25, 0.3) is 0 Å². The molecule has 100 valence electrons. The van der Waals surface area contributed by atoms with Gasteiger partial charge in [0.2, 0.25) is 0 Å². The molecular formula is C12H23NO4. The van der Waals surface area contributed by atoms with Crippen molar-refractivity contribution in [3.63, 3.8) is 0 Å². The lowest BCUT2D eigenvalue weighted by Gasteiger charge is -2.41. The average Bonchev–Trinajstić information content (AvgIpc) is 2.14. The molecule has 2 atom stereocenters. The molecular weight excluding hydrogens is 222 g/mol. The van der Waals surface area contributed by atoms with Crippen LogP contribution in [0.4, 0.5) is 0 Å². The summed E-state index contributed by atoms with van der Waals surface area (Å²) < 4.78 is 0.305. The maximum atomic E-state index is 11.9. The van der Waals surface area contributed by atoms with Crippen molar-refractivity contribution in [3.8, 4) is 0 Å². The van der Waals surface area contributed by atoms with Gasteiger partial charge in [-0.15, -0.1) is 0 Å². The summed E-state index contributed by atoms with van der Waals surface area (Å²) in [4.78, 5) is 22.7. The molecule has 0 spiro atoms. The Morgan fingerprint density at radius 1 is 1.35 bits per heavy atom. The number of carboxylic acids is 1. The zero-order chi connectivity index (χ0) is 13.9. The van der Waals surface area contributed by atoms with Gasteiger partial charge in [0, 0.05) is 18.8 Å². The van der Waals surface area contributed by atoms with E-state index in [-0.39, 0.29) is 6.42 Å². The fourth-order valence-corrected chi connectivity index (χ4v) is 1.78. The molecule has 0 aromatic heterocycles. The fraction of sp³-hybridized carbons (Fsp3) is 0.833. The first-order valence-corrected chi connectivity index (χ1v) is 5.82. The molecule has 0 amide bonds. The smallest absolute Gasteiger partial charge is 0.179 e. The van der Waals surface area contributed by atoms with Crippen molar-refractivity contribution >= 4 is 11.8 Å². The number of carbonyl (C=O) groups is 2. The van der Waals surface area contributed by atoms with E-state index in [1.54, 1.807) is 6.92 Å². The van der Waals surface area contributed by atoms with Gasteiger partial charge in [0.15, 0.2) is 11.4 Å². The molecule has 0 heterocycles. The van der Waals surface area contributed by atoms with Crippen molar-refractivity contribution in [3.05, 3.63) is 0 Å². The van der Waals surface area contributed by atoms with Crippen LogP contribution >= 0.6 is 0 Å². The van der Waals surface area contributed by atoms with Crippen molar-refractivity contribution in [1.29, 1.82) is 0 Å². The Kier molecular flexibility index (Phi) is 5.29. The zero-order valence-electron chi connectivity index (χ0n) is 11.3. The maximum absolute atomic E-state index is 11.9. The van der Waals surface area contributed by atoms with E-state index in [0.717, 1.165) is 0 Å². The van der Waals surface area contributed by atoms with Gasteiger partial charge >= 0.3 is 0 Å². The summed E-state index contributed by atoms with van der Waals surface area (Å²) in [5, 5.41) is 21.1. The van der Waals surface area contributed by atoms with Crippen LogP contribution < -0.4 is 5.11 Å². The molecule has 5 nitrogen and oxygen atoms in total. The summed E-state index contributed by atoms with van der Waals surface area (Å²) in [7, 11) is 5.43. The Hall–Kier alpha value is -0.940. The molecule has 5 heteroatoms. The summed E-state index contributed by atoms with van der Waals surface area (Å²) in [5.74, 6) is -1.83. The first kappa shape index (κ1) is 16.1. The SMILES string of the molecule is CCCC(=O)C(O)(CC(=O)[O-])C(C)[N+](C)(C)C. The number of rotatable bonds is 7. The molecule has 2 unspecified atom stereocenters. The van der Waals surface area contributed by atoms with Gasteiger partial charge in [-0.2, -0.15) is 0 Å². The largest absolute Gasteiger partial charge is 0.550 e. The van der Waals surface area contributed by atoms with Crippen LogP contribution in [-0.2, 0) is 9.59 Å². The summed E-state index contributed by atoms with van der Waals surface area (Å²) in [5.41, 5.74) is -1.85. The summed E-state index contributed by atoms with van der Waals surface area (Å²) in [6.07, 6.45) is 0.106. The van der Waals surface area contributed by atoms with E-state index in [1.807, 2.05) is 28.1 Å². The monoisotopic (exact) mass is 245 g/mol. The number of Topliss-reactive ketones (excluding diaryl/α,β-unsaturated/α-hetero) is 1. The molecule has 0 saturated heterocycles. The molecule has 0 bridgehead atoms. The number of nitrogens with zero attached hydrogens (tertiary/aromatic N) is 1. The van der Waals surface area contributed by atoms with Crippen LogP contribution in [0.3, 0.4) is 0 Å². The standard InChI is InChI=1S/C12H23NO4/c1-6-7-10(14)12(17,8-11(15)16)9(2)13(3,4)5/h9,17H,6-8H2,1-5H3. The van der Waals surface area contributed by atoms with Gasteiger partial charge in [-0.05, 0) is 13.3 Å². The molecule has 0 aliphatic rings. The topological polar surface area (TPSA) is 77.4 Å². The van der Waals surface area contributed by atoms with E-state index in [4.69, 9.17) is 0 Å². The van der Waals surface area contributed by atoms with E-state index in [9.17, 15) is 19.8 Å². The van der Waals surface area contributed by atoms with Crippen LogP contribution in [0, 0.1) is 0 Å². The van der Waals surface area contributed by atoms with E-state index < -0.39 is 29.8 Å². The number of quaternary nitrogens is 1. The molecule has 0 saturated carbocycles. The molecule has 0 rings (SSSR count). The second-order valence-corrected chi connectivity index (χ2v) is 5.44. The number of carboxylic acid groups (broad SMARTS) is 1. The molecule has 1 N–H and O–H groups in total. The van der Waals surface area contributed by atoms with E-state index >= 15 is 0 Å². The lowest BCUT2D eigenvalue weighted by molar-refractivity contribution is -0.900. The Morgan fingerprint density at radius 2 is 1.82 bits per heavy atom. The highest BCUT2D eigenvalue weighted by Crippen LogP contribution is 2.25. The molecule has 0 aliphatic heterocycles. The highest BCUT2D eigenvalue weighted by atomic mass is 16.4. The predicted molar refractivity (Wildman–Crippen MR) is 62.0 cm³/mol. The Balaban J connectivity index is 5.23. The lowest BCUT2D eigenvalue weighted by atomic mass is 9.83. The summed E-state index contributed by atoms with van der Waals surface area (Å²) >= 11 is 0. The third kappa shape index (κ3) is 4.09. The molecule has 0 aromatic carbocycles. The Labute approximate surface area is 103 Å².